The summed E-state index contributed by atoms with van der Waals surface area (Å²) in [7, 11) is 0. The van der Waals surface area contributed by atoms with E-state index in [1.165, 1.54) is 6.92 Å². The fourth-order valence-corrected chi connectivity index (χ4v) is 1.25. The van der Waals surface area contributed by atoms with Crippen LogP contribution in [0.3, 0.4) is 0 Å². The van der Waals surface area contributed by atoms with E-state index in [2.05, 4.69) is 20.8 Å². The third kappa shape index (κ3) is 4.33. The molecule has 1 atom stereocenters. The predicted octanol–water partition coefficient (Wildman–Crippen LogP) is -1.55. The normalized spacial score (nSPS) is 11.8. The molecule has 0 aromatic carbocycles. The lowest BCUT2D eigenvalue weighted by Gasteiger charge is -2.08. The summed E-state index contributed by atoms with van der Waals surface area (Å²) in [6, 6.07) is -0.989. The Morgan fingerprint density at radius 2 is 2.05 bits per heavy atom. The molecule has 1 rings (SSSR count). The Morgan fingerprint density at radius 3 is 2.63 bits per heavy atom. The van der Waals surface area contributed by atoms with Gasteiger partial charge < -0.3 is 15.5 Å². The Hall–Kier alpha value is -2.52. The predicted molar refractivity (Wildman–Crippen MR) is 59.1 cm³/mol. The van der Waals surface area contributed by atoms with Gasteiger partial charge in [0.05, 0.1) is 12.8 Å². The van der Waals surface area contributed by atoms with Gasteiger partial charge in [0.15, 0.2) is 5.82 Å². The monoisotopic (exact) mass is 271 g/mol. The van der Waals surface area contributed by atoms with Crippen molar-refractivity contribution in [2.45, 2.75) is 25.8 Å². The molecule has 1 amide bonds. The molecule has 10 nitrogen and oxygen atoms in total. The first-order valence-corrected chi connectivity index (χ1v) is 5.40. The van der Waals surface area contributed by atoms with Crippen LogP contribution in [0.4, 0.5) is 0 Å². The standard InChI is InChI=1S/C9H13N5O5/c1-5(9(18)19)14-6(11-12-13-14)4-7(15)10-3-2-8(16)17/h5H,2-4H2,1H3,(H,10,15)(H,16,17)(H,18,19). The van der Waals surface area contributed by atoms with E-state index in [4.69, 9.17) is 10.2 Å². The van der Waals surface area contributed by atoms with E-state index in [-0.39, 0.29) is 25.2 Å². The second-order valence-electron chi connectivity index (χ2n) is 3.72. The summed E-state index contributed by atoms with van der Waals surface area (Å²) in [5.74, 6) is -2.53. The van der Waals surface area contributed by atoms with Gasteiger partial charge in [0.1, 0.15) is 6.04 Å². The molecule has 0 bridgehead atoms. The van der Waals surface area contributed by atoms with Crippen LogP contribution in [0.25, 0.3) is 0 Å². The number of carboxylic acid groups (broad SMARTS) is 2. The molecule has 1 aromatic rings. The van der Waals surface area contributed by atoms with Crippen molar-refractivity contribution in [2.24, 2.45) is 0 Å². The Balaban J connectivity index is 2.58. The van der Waals surface area contributed by atoms with E-state index >= 15 is 0 Å². The van der Waals surface area contributed by atoms with Crippen molar-refractivity contribution in [3.05, 3.63) is 5.82 Å². The topological polar surface area (TPSA) is 147 Å². The zero-order chi connectivity index (χ0) is 14.4. The third-order valence-corrected chi connectivity index (χ3v) is 2.26. The number of hydrogen-bond donors (Lipinski definition) is 3. The molecule has 1 unspecified atom stereocenters. The van der Waals surface area contributed by atoms with Crippen molar-refractivity contribution in [1.29, 1.82) is 0 Å². The van der Waals surface area contributed by atoms with Crippen molar-refractivity contribution in [3.63, 3.8) is 0 Å². The summed E-state index contributed by atoms with van der Waals surface area (Å²) in [5.41, 5.74) is 0. The van der Waals surface area contributed by atoms with Gasteiger partial charge >= 0.3 is 11.9 Å². The van der Waals surface area contributed by atoms with E-state index in [0.717, 1.165) is 4.68 Å². The minimum absolute atomic E-state index is 0.00971. The summed E-state index contributed by atoms with van der Waals surface area (Å²) in [6.45, 7) is 1.37. The average Bonchev–Trinajstić information content (AvgIpc) is 2.75. The second kappa shape index (κ2) is 6.42. The van der Waals surface area contributed by atoms with Gasteiger partial charge in [-0.3, -0.25) is 9.59 Å². The number of tetrazole rings is 1. The largest absolute Gasteiger partial charge is 0.481 e. The summed E-state index contributed by atoms with van der Waals surface area (Å²) >= 11 is 0. The van der Waals surface area contributed by atoms with Crippen LogP contribution in [0.1, 0.15) is 25.2 Å². The van der Waals surface area contributed by atoms with Crippen LogP contribution in [-0.2, 0) is 20.8 Å². The number of nitrogens with zero attached hydrogens (tertiary/aromatic N) is 4. The molecule has 19 heavy (non-hydrogen) atoms. The molecule has 1 aromatic heterocycles. The Bertz CT molecular complexity index is 485. The summed E-state index contributed by atoms with van der Waals surface area (Å²) in [4.78, 5) is 32.5. The van der Waals surface area contributed by atoms with E-state index in [9.17, 15) is 14.4 Å². The lowest BCUT2D eigenvalue weighted by molar-refractivity contribution is -0.141. The zero-order valence-corrected chi connectivity index (χ0v) is 10.1. The van der Waals surface area contributed by atoms with Crippen LogP contribution in [0.2, 0.25) is 0 Å². The number of nitrogens with one attached hydrogen (secondary N) is 1. The molecule has 104 valence electrons. The quantitative estimate of drug-likeness (QED) is 0.540. The minimum Gasteiger partial charge on any atom is -0.481 e. The molecule has 0 saturated carbocycles. The molecule has 0 saturated heterocycles. The molecule has 0 aliphatic rings. The van der Waals surface area contributed by atoms with Gasteiger partial charge in [-0.15, -0.1) is 5.10 Å². The first-order valence-electron chi connectivity index (χ1n) is 5.40. The number of carboxylic acids is 2. The van der Waals surface area contributed by atoms with E-state index < -0.39 is 23.9 Å². The van der Waals surface area contributed by atoms with Crippen molar-refractivity contribution in [3.8, 4) is 0 Å². The number of amides is 1. The highest BCUT2D eigenvalue weighted by Crippen LogP contribution is 2.06. The number of aliphatic carboxylic acids is 2. The van der Waals surface area contributed by atoms with Gasteiger partial charge in [-0.2, -0.15) is 0 Å². The van der Waals surface area contributed by atoms with Crippen LogP contribution >= 0.6 is 0 Å². The molecule has 0 fully saturated rings. The lowest BCUT2D eigenvalue weighted by Crippen LogP contribution is -2.29. The highest BCUT2D eigenvalue weighted by molar-refractivity contribution is 5.78. The SMILES string of the molecule is CC(C(=O)O)n1nnnc1CC(=O)NCCC(=O)O. The highest BCUT2D eigenvalue weighted by atomic mass is 16.4. The smallest absolute Gasteiger partial charge is 0.328 e. The molecule has 0 spiro atoms. The van der Waals surface area contributed by atoms with Crippen molar-refractivity contribution in [1.82, 2.24) is 25.5 Å². The third-order valence-electron chi connectivity index (χ3n) is 2.26. The van der Waals surface area contributed by atoms with Crippen LogP contribution in [0, 0.1) is 0 Å². The molecule has 10 heteroatoms. The number of carbonyl (C=O) groups excluding carboxylic acids is 1. The lowest BCUT2D eigenvalue weighted by atomic mass is 10.3. The van der Waals surface area contributed by atoms with Gasteiger partial charge in [-0.1, -0.05) is 0 Å². The Kier molecular flexibility index (Phi) is 4.92. The number of carbonyl (C=O) groups is 3. The second-order valence-corrected chi connectivity index (χ2v) is 3.72. The zero-order valence-electron chi connectivity index (χ0n) is 10.1. The van der Waals surface area contributed by atoms with Crippen molar-refractivity contribution >= 4 is 17.8 Å². The van der Waals surface area contributed by atoms with E-state index in [0.29, 0.717) is 0 Å². The molecule has 0 aliphatic heterocycles. The molecule has 1 heterocycles. The number of rotatable bonds is 7. The molecule has 0 radical (unpaired) electrons. The molecule has 0 aliphatic carbocycles. The Labute approximate surface area is 107 Å². The summed E-state index contributed by atoms with van der Waals surface area (Å²) < 4.78 is 1.03. The van der Waals surface area contributed by atoms with Gasteiger partial charge in [0.25, 0.3) is 0 Å². The Morgan fingerprint density at radius 1 is 1.37 bits per heavy atom. The summed E-state index contributed by atoms with van der Waals surface area (Å²) in [6.07, 6.45) is -0.410. The summed E-state index contributed by atoms with van der Waals surface area (Å²) in [5, 5.41) is 30.0. The molecular formula is C9H13N5O5. The highest BCUT2D eigenvalue weighted by Gasteiger charge is 2.20. The van der Waals surface area contributed by atoms with E-state index in [1.54, 1.807) is 0 Å². The van der Waals surface area contributed by atoms with Gasteiger partial charge in [-0.05, 0) is 17.4 Å². The minimum atomic E-state index is -1.13. The fourth-order valence-electron chi connectivity index (χ4n) is 1.25. The van der Waals surface area contributed by atoms with Crippen LogP contribution < -0.4 is 5.32 Å². The van der Waals surface area contributed by atoms with Gasteiger partial charge in [0.2, 0.25) is 5.91 Å². The van der Waals surface area contributed by atoms with Gasteiger partial charge in [-0.25, -0.2) is 9.48 Å². The number of aromatic nitrogens is 4. The maximum Gasteiger partial charge on any atom is 0.328 e. The first kappa shape index (κ1) is 14.5. The number of hydrogen-bond acceptors (Lipinski definition) is 6. The molecule has 3 N–H and O–H groups in total. The van der Waals surface area contributed by atoms with Crippen molar-refractivity contribution < 1.29 is 24.6 Å². The maximum absolute atomic E-state index is 11.5. The van der Waals surface area contributed by atoms with Crippen molar-refractivity contribution in [2.75, 3.05) is 6.54 Å². The van der Waals surface area contributed by atoms with Gasteiger partial charge in [0, 0.05) is 6.54 Å². The first-order chi connectivity index (χ1) is 8.91. The molecular weight excluding hydrogens is 258 g/mol. The van der Waals surface area contributed by atoms with Crippen LogP contribution in [0.15, 0.2) is 0 Å². The fraction of sp³-hybridized carbons (Fsp3) is 0.556. The van der Waals surface area contributed by atoms with Crippen LogP contribution in [-0.4, -0.2) is 54.8 Å². The average molecular weight is 271 g/mol. The maximum atomic E-state index is 11.5. The van der Waals surface area contributed by atoms with Crippen LogP contribution in [0.5, 0.6) is 0 Å². The van der Waals surface area contributed by atoms with E-state index in [1.807, 2.05) is 0 Å².